The lowest BCUT2D eigenvalue weighted by molar-refractivity contribution is 0.270. The first-order chi connectivity index (χ1) is 11.1. The van der Waals surface area contributed by atoms with Crippen LogP contribution in [-0.2, 0) is 15.8 Å². The smallest absolute Gasteiger partial charge is 0.218 e. The van der Waals surface area contributed by atoms with Crippen molar-refractivity contribution in [2.24, 2.45) is 5.92 Å². The molecule has 1 aliphatic heterocycles. The SMILES string of the molecule is CNCC1CCN(S(=O)(=O)Cc2cccc3cccnc23)CC1. The lowest BCUT2D eigenvalue weighted by atomic mass is 9.98. The molecule has 1 N–H and O–H groups in total. The van der Waals surface area contributed by atoms with E-state index in [-0.39, 0.29) is 5.75 Å². The number of rotatable bonds is 5. The quantitative estimate of drug-likeness (QED) is 0.909. The van der Waals surface area contributed by atoms with E-state index in [0.29, 0.717) is 19.0 Å². The number of fused-ring (bicyclic) bond motifs is 1. The van der Waals surface area contributed by atoms with Gasteiger partial charge in [-0.1, -0.05) is 24.3 Å². The molecule has 2 heterocycles. The standard InChI is InChI=1S/C17H23N3O2S/c1-18-12-14-7-10-20(11-8-14)23(21,22)13-16-5-2-4-15-6-3-9-19-17(15)16/h2-6,9,14,18H,7-8,10-13H2,1H3. The number of hydrogen-bond donors (Lipinski definition) is 1. The average molecular weight is 333 g/mol. The summed E-state index contributed by atoms with van der Waals surface area (Å²) >= 11 is 0. The van der Waals surface area contributed by atoms with Crippen molar-refractivity contribution in [2.75, 3.05) is 26.7 Å². The molecule has 0 aliphatic carbocycles. The second kappa shape index (κ2) is 6.95. The van der Waals surface area contributed by atoms with Gasteiger partial charge >= 0.3 is 0 Å². The van der Waals surface area contributed by atoms with Crippen molar-refractivity contribution in [3.05, 3.63) is 42.1 Å². The highest BCUT2D eigenvalue weighted by Gasteiger charge is 2.28. The maximum Gasteiger partial charge on any atom is 0.218 e. The molecule has 0 bridgehead atoms. The fourth-order valence-electron chi connectivity index (χ4n) is 3.25. The Labute approximate surface area is 137 Å². The zero-order valence-corrected chi connectivity index (χ0v) is 14.2. The van der Waals surface area contributed by atoms with Crippen LogP contribution in [0.5, 0.6) is 0 Å². The lowest BCUT2D eigenvalue weighted by Crippen LogP contribution is -2.40. The molecule has 23 heavy (non-hydrogen) atoms. The Bertz CT molecular complexity index is 763. The number of sulfonamides is 1. The third-order valence-electron chi connectivity index (χ3n) is 4.51. The van der Waals surface area contributed by atoms with Gasteiger partial charge in [-0.3, -0.25) is 4.98 Å². The van der Waals surface area contributed by atoms with E-state index in [0.717, 1.165) is 35.9 Å². The summed E-state index contributed by atoms with van der Waals surface area (Å²) in [4.78, 5) is 4.36. The van der Waals surface area contributed by atoms with E-state index in [2.05, 4.69) is 10.3 Å². The minimum atomic E-state index is -3.29. The summed E-state index contributed by atoms with van der Waals surface area (Å²) in [6.45, 7) is 2.20. The maximum atomic E-state index is 12.7. The van der Waals surface area contributed by atoms with Gasteiger partial charge in [0.1, 0.15) is 0 Å². The third kappa shape index (κ3) is 3.71. The molecule has 1 fully saturated rings. The molecular weight excluding hydrogens is 310 g/mol. The van der Waals surface area contributed by atoms with Gasteiger partial charge in [0, 0.05) is 24.7 Å². The number of nitrogens with zero attached hydrogens (tertiary/aromatic N) is 2. The molecule has 1 aromatic carbocycles. The van der Waals surface area contributed by atoms with E-state index in [1.165, 1.54) is 0 Å². The van der Waals surface area contributed by atoms with E-state index in [1.807, 2.05) is 37.4 Å². The van der Waals surface area contributed by atoms with Crippen LogP contribution in [0.1, 0.15) is 18.4 Å². The topological polar surface area (TPSA) is 62.3 Å². The van der Waals surface area contributed by atoms with Gasteiger partial charge < -0.3 is 5.32 Å². The third-order valence-corrected chi connectivity index (χ3v) is 6.34. The zero-order chi connectivity index (χ0) is 16.3. The highest BCUT2D eigenvalue weighted by molar-refractivity contribution is 7.88. The van der Waals surface area contributed by atoms with Gasteiger partial charge in [-0.2, -0.15) is 0 Å². The number of aromatic nitrogens is 1. The first-order valence-electron chi connectivity index (χ1n) is 8.05. The molecule has 0 unspecified atom stereocenters. The van der Waals surface area contributed by atoms with Crippen molar-refractivity contribution in [1.29, 1.82) is 0 Å². The van der Waals surface area contributed by atoms with Crippen LogP contribution in [0, 0.1) is 5.92 Å². The van der Waals surface area contributed by atoms with Crippen molar-refractivity contribution in [3.8, 4) is 0 Å². The molecule has 2 aromatic rings. The Hall–Kier alpha value is -1.50. The Kier molecular flexibility index (Phi) is 4.94. The first kappa shape index (κ1) is 16.4. The Balaban J connectivity index is 1.76. The highest BCUT2D eigenvalue weighted by Crippen LogP contribution is 2.23. The molecule has 0 atom stereocenters. The van der Waals surface area contributed by atoms with Crippen molar-refractivity contribution >= 4 is 20.9 Å². The Morgan fingerprint density at radius 3 is 2.70 bits per heavy atom. The van der Waals surface area contributed by atoms with Crippen LogP contribution in [-0.4, -0.2) is 44.4 Å². The normalized spacial score (nSPS) is 17.6. The van der Waals surface area contributed by atoms with Gasteiger partial charge in [0.05, 0.1) is 11.3 Å². The van der Waals surface area contributed by atoms with Crippen molar-refractivity contribution in [3.63, 3.8) is 0 Å². The molecular formula is C17H23N3O2S. The predicted molar refractivity (Wildman–Crippen MR) is 92.6 cm³/mol. The first-order valence-corrected chi connectivity index (χ1v) is 9.66. The van der Waals surface area contributed by atoms with Crippen LogP contribution in [0.2, 0.25) is 0 Å². The monoisotopic (exact) mass is 333 g/mol. The van der Waals surface area contributed by atoms with Crippen LogP contribution in [0.4, 0.5) is 0 Å². The lowest BCUT2D eigenvalue weighted by Gasteiger charge is -2.31. The molecule has 3 rings (SSSR count). The summed E-state index contributed by atoms with van der Waals surface area (Å²) in [6, 6.07) is 9.55. The summed E-state index contributed by atoms with van der Waals surface area (Å²) in [6.07, 6.45) is 3.56. The van der Waals surface area contributed by atoms with E-state index in [4.69, 9.17) is 0 Å². The molecule has 0 saturated carbocycles. The fraction of sp³-hybridized carbons (Fsp3) is 0.471. The number of para-hydroxylation sites is 1. The minimum absolute atomic E-state index is 0.0258. The van der Waals surface area contributed by atoms with Crippen LogP contribution in [0.15, 0.2) is 36.5 Å². The Morgan fingerprint density at radius 2 is 1.96 bits per heavy atom. The van der Waals surface area contributed by atoms with E-state index >= 15 is 0 Å². The van der Waals surface area contributed by atoms with Gasteiger partial charge in [0.25, 0.3) is 0 Å². The predicted octanol–water partition coefficient (Wildman–Crippen LogP) is 2.00. The van der Waals surface area contributed by atoms with Gasteiger partial charge in [-0.15, -0.1) is 0 Å². The van der Waals surface area contributed by atoms with Gasteiger partial charge in [-0.25, -0.2) is 12.7 Å². The maximum absolute atomic E-state index is 12.7. The van der Waals surface area contributed by atoms with Crippen molar-refractivity contribution < 1.29 is 8.42 Å². The van der Waals surface area contributed by atoms with Crippen LogP contribution in [0.25, 0.3) is 10.9 Å². The highest BCUT2D eigenvalue weighted by atomic mass is 32.2. The van der Waals surface area contributed by atoms with E-state index < -0.39 is 10.0 Å². The van der Waals surface area contributed by atoms with E-state index in [1.54, 1.807) is 10.5 Å². The fourth-order valence-corrected chi connectivity index (χ4v) is 4.83. The molecule has 5 nitrogen and oxygen atoms in total. The molecule has 0 radical (unpaired) electrons. The molecule has 1 aromatic heterocycles. The molecule has 0 spiro atoms. The number of nitrogens with one attached hydrogen (secondary N) is 1. The second-order valence-electron chi connectivity index (χ2n) is 6.15. The summed E-state index contributed by atoms with van der Waals surface area (Å²) in [7, 11) is -1.35. The van der Waals surface area contributed by atoms with Gasteiger partial charge in [0.2, 0.25) is 10.0 Å². The van der Waals surface area contributed by atoms with Gasteiger partial charge in [0.15, 0.2) is 0 Å². The Morgan fingerprint density at radius 1 is 1.22 bits per heavy atom. The molecule has 124 valence electrons. The van der Waals surface area contributed by atoms with Crippen molar-refractivity contribution in [2.45, 2.75) is 18.6 Å². The summed E-state index contributed by atoms with van der Waals surface area (Å²) in [5.74, 6) is 0.601. The van der Waals surface area contributed by atoms with E-state index in [9.17, 15) is 8.42 Å². The molecule has 1 saturated heterocycles. The van der Waals surface area contributed by atoms with Crippen LogP contribution < -0.4 is 5.32 Å². The summed E-state index contributed by atoms with van der Waals surface area (Å²) in [5.41, 5.74) is 1.56. The second-order valence-corrected chi connectivity index (χ2v) is 8.12. The number of hydrogen-bond acceptors (Lipinski definition) is 4. The average Bonchev–Trinajstić information content (AvgIpc) is 2.56. The zero-order valence-electron chi connectivity index (χ0n) is 13.4. The molecule has 1 aliphatic rings. The van der Waals surface area contributed by atoms with Gasteiger partial charge in [-0.05, 0) is 44.0 Å². The minimum Gasteiger partial charge on any atom is -0.319 e. The number of pyridine rings is 1. The van der Waals surface area contributed by atoms with Crippen LogP contribution in [0.3, 0.4) is 0 Å². The molecule has 6 heteroatoms. The largest absolute Gasteiger partial charge is 0.319 e. The number of benzene rings is 1. The summed E-state index contributed by atoms with van der Waals surface area (Å²) in [5, 5.41) is 4.15. The summed E-state index contributed by atoms with van der Waals surface area (Å²) < 4.78 is 27.1. The number of piperidine rings is 1. The molecule has 0 amide bonds. The van der Waals surface area contributed by atoms with Crippen LogP contribution >= 0.6 is 0 Å². The van der Waals surface area contributed by atoms with Crippen molar-refractivity contribution in [1.82, 2.24) is 14.6 Å².